The lowest BCUT2D eigenvalue weighted by Gasteiger charge is -2.26. The number of carbonyl (C=O) groups is 1. The van der Waals surface area contributed by atoms with Crippen molar-refractivity contribution in [3.05, 3.63) is 0 Å². The van der Waals surface area contributed by atoms with E-state index in [1.807, 2.05) is 0 Å². The zero-order valence-electron chi connectivity index (χ0n) is 10.5. The molecule has 3 N–H and O–H groups in total. The van der Waals surface area contributed by atoms with Crippen LogP contribution in [0.4, 0.5) is 0 Å². The number of rotatable bonds is 10. The number of carbonyl (C=O) groups excluding carboxylic acids is 1. The van der Waals surface area contributed by atoms with Gasteiger partial charge in [0.15, 0.2) is 0 Å². The van der Waals surface area contributed by atoms with Crippen LogP contribution in [0.2, 0.25) is 0 Å². The van der Waals surface area contributed by atoms with Crippen molar-refractivity contribution in [3.8, 4) is 0 Å². The van der Waals surface area contributed by atoms with Gasteiger partial charge in [-0.05, 0) is 6.42 Å². The van der Waals surface area contributed by atoms with Crippen molar-refractivity contribution in [3.63, 3.8) is 0 Å². The Bertz CT molecular complexity index is 193. The fraction of sp³-hybridized carbons (Fsp3) is 0.917. The van der Waals surface area contributed by atoms with Crippen molar-refractivity contribution >= 4 is 5.97 Å². The monoisotopic (exact) mass is 248 g/mol. The van der Waals surface area contributed by atoms with Gasteiger partial charge in [-0.25, -0.2) is 0 Å². The van der Waals surface area contributed by atoms with Gasteiger partial charge in [-0.2, -0.15) is 0 Å². The summed E-state index contributed by atoms with van der Waals surface area (Å²) < 4.78 is 4.94. The van der Waals surface area contributed by atoms with Gasteiger partial charge in [-0.1, -0.05) is 26.2 Å². The summed E-state index contributed by atoms with van der Waals surface area (Å²) in [5.41, 5.74) is -1.13. The summed E-state index contributed by atoms with van der Waals surface area (Å²) in [5.74, 6) is -0.346. The number of hydrogen-bond acceptors (Lipinski definition) is 5. The summed E-state index contributed by atoms with van der Waals surface area (Å²) in [5, 5.41) is 27.1. The van der Waals surface area contributed by atoms with Gasteiger partial charge in [0, 0.05) is 6.42 Å². The summed E-state index contributed by atoms with van der Waals surface area (Å²) in [4.78, 5) is 11.3. The largest absolute Gasteiger partial charge is 0.465 e. The SMILES string of the molecule is CCCCCCC(=O)OCC(CO)(CO)CO. The van der Waals surface area contributed by atoms with E-state index in [-0.39, 0.29) is 12.6 Å². The molecule has 0 saturated heterocycles. The molecule has 0 amide bonds. The van der Waals surface area contributed by atoms with Crippen molar-refractivity contribution < 1.29 is 24.9 Å². The molecule has 0 aliphatic rings. The average Bonchev–Trinajstić information content (AvgIpc) is 2.37. The molecule has 0 rings (SSSR count). The molecular weight excluding hydrogens is 224 g/mol. The third-order valence-corrected chi connectivity index (χ3v) is 2.78. The van der Waals surface area contributed by atoms with E-state index in [9.17, 15) is 4.79 Å². The predicted octanol–water partition coefficient (Wildman–Crippen LogP) is 0.463. The number of hydrogen-bond donors (Lipinski definition) is 3. The Labute approximate surface area is 102 Å². The third kappa shape index (κ3) is 6.61. The van der Waals surface area contributed by atoms with E-state index >= 15 is 0 Å². The highest BCUT2D eigenvalue weighted by atomic mass is 16.5. The van der Waals surface area contributed by atoms with Gasteiger partial charge in [0.2, 0.25) is 0 Å². The highest BCUT2D eigenvalue weighted by molar-refractivity contribution is 5.69. The first kappa shape index (κ1) is 16.4. The Balaban J connectivity index is 3.81. The lowest BCUT2D eigenvalue weighted by atomic mass is 9.93. The zero-order valence-corrected chi connectivity index (χ0v) is 10.5. The standard InChI is InChI=1S/C12H24O5/c1-2-3-4-5-6-11(16)17-10-12(7-13,8-14)9-15/h13-15H,2-10H2,1H3. The fourth-order valence-electron chi connectivity index (χ4n) is 1.29. The Morgan fingerprint density at radius 2 is 1.65 bits per heavy atom. The van der Waals surface area contributed by atoms with Crippen LogP contribution in [0.3, 0.4) is 0 Å². The molecule has 0 unspecified atom stereocenters. The molecular formula is C12H24O5. The Hall–Kier alpha value is -0.650. The Kier molecular flexibility index (Phi) is 9.03. The summed E-state index contributed by atoms with van der Waals surface area (Å²) in [6.45, 7) is 0.703. The Morgan fingerprint density at radius 1 is 1.06 bits per heavy atom. The lowest BCUT2D eigenvalue weighted by Crippen LogP contribution is -2.39. The number of unbranched alkanes of at least 4 members (excludes halogenated alkanes) is 3. The summed E-state index contributed by atoms with van der Waals surface area (Å²) in [6, 6.07) is 0. The van der Waals surface area contributed by atoms with E-state index < -0.39 is 25.2 Å². The molecule has 0 atom stereocenters. The van der Waals surface area contributed by atoms with Gasteiger partial charge in [-0.15, -0.1) is 0 Å². The number of esters is 1. The molecule has 102 valence electrons. The van der Waals surface area contributed by atoms with Gasteiger partial charge in [-0.3, -0.25) is 4.79 Å². The molecule has 0 heterocycles. The quantitative estimate of drug-likeness (QED) is 0.386. The van der Waals surface area contributed by atoms with Crippen molar-refractivity contribution in [2.24, 2.45) is 5.41 Å². The summed E-state index contributed by atoms with van der Waals surface area (Å²) in [6.07, 6.45) is 4.34. The van der Waals surface area contributed by atoms with E-state index in [1.165, 1.54) is 0 Å². The number of aliphatic hydroxyl groups excluding tert-OH is 3. The summed E-state index contributed by atoms with van der Waals surface area (Å²) >= 11 is 0. The van der Waals surface area contributed by atoms with Gasteiger partial charge >= 0.3 is 5.97 Å². The first-order valence-electron chi connectivity index (χ1n) is 6.12. The lowest BCUT2D eigenvalue weighted by molar-refractivity contribution is -0.151. The normalized spacial score (nSPS) is 11.5. The first-order chi connectivity index (χ1) is 8.14. The molecule has 0 spiro atoms. The maximum atomic E-state index is 11.3. The fourth-order valence-corrected chi connectivity index (χ4v) is 1.29. The second-order valence-electron chi connectivity index (χ2n) is 4.45. The molecule has 0 aromatic carbocycles. The Morgan fingerprint density at radius 3 is 2.12 bits per heavy atom. The van der Waals surface area contributed by atoms with Crippen LogP contribution in [0.5, 0.6) is 0 Å². The van der Waals surface area contributed by atoms with Crippen molar-refractivity contribution in [2.45, 2.75) is 39.0 Å². The molecule has 0 aromatic rings. The van der Waals surface area contributed by atoms with Gasteiger partial charge < -0.3 is 20.1 Å². The van der Waals surface area contributed by atoms with E-state index in [1.54, 1.807) is 0 Å². The number of ether oxygens (including phenoxy) is 1. The predicted molar refractivity (Wildman–Crippen MR) is 63.4 cm³/mol. The second-order valence-corrected chi connectivity index (χ2v) is 4.45. The highest BCUT2D eigenvalue weighted by Gasteiger charge is 2.29. The molecule has 0 saturated carbocycles. The van der Waals surface area contributed by atoms with E-state index in [2.05, 4.69) is 6.92 Å². The minimum atomic E-state index is -1.13. The first-order valence-corrected chi connectivity index (χ1v) is 6.12. The number of aliphatic hydroxyl groups is 3. The molecule has 17 heavy (non-hydrogen) atoms. The minimum absolute atomic E-state index is 0.150. The van der Waals surface area contributed by atoms with Crippen LogP contribution in [0, 0.1) is 5.41 Å². The third-order valence-electron chi connectivity index (χ3n) is 2.78. The van der Waals surface area contributed by atoms with Crippen LogP contribution in [0.1, 0.15) is 39.0 Å². The van der Waals surface area contributed by atoms with Gasteiger partial charge in [0.1, 0.15) is 6.61 Å². The van der Waals surface area contributed by atoms with E-state index in [4.69, 9.17) is 20.1 Å². The molecule has 0 bridgehead atoms. The minimum Gasteiger partial charge on any atom is -0.465 e. The molecule has 0 radical (unpaired) electrons. The highest BCUT2D eigenvalue weighted by Crippen LogP contribution is 2.15. The smallest absolute Gasteiger partial charge is 0.305 e. The molecule has 0 fully saturated rings. The average molecular weight is 248 g/mol. The molecule has 0 aliphatic carbocycles. The molecule has 0 aromatic heterocycles. The van der Waals surface area contributed by atoms with Crippen molar-refractivity contribution in [1.82, 2.24) is 0 Å². The van der Waals surface area contributed by atoms with Crippen LogP contribution in [0.25, 0.3) is 0 Å². The van der Waals surface area contributed by atoms with Crippen molar-refractivity contribution in [2.75, 3.05) is 26.4 Å². The topological polar surface area (TPSA) is 87.0 Å². The van der Waals surface area contributed by atoms with Crippen LogP contribution in [-0.2, 0) is 9.53 Å². The van der Waals surface area contributed by atoms with Crippen LogP contribution < -0.4 is 0 Å². The zero-order chi connectivity index (χ0) is 13.1. The van der Waals surface area contributed by atoms with Crippen LogP contribution in [-0.4, -0.2) is 47.7 Å². The maximum absolute atomic E-state index is 11.3. The van der Waals surface area contributed by atoms with Crippen molar-refractivity contribution in [1.29, 1.82) is 0 Å². The van der Waals surface area contributed by atoms with Crippen LogP contribution in [0.15, 0.2) is 0 Å². The molecule has 5 nitrogen and oxygen atoms in total. The summed E-state index contributed by atoms with van der Waals surface area (Å²) in [7, 11) is 0. The van der Waals surface area contributed by atoms with Gasteiger partial charge in [0.05, 0.1) is 25.2 Å². The molecule has 5 heteroatoms. The van der Waals surface area contributed by atoms with Crippen LogP contribution >= 0.6 is 0 Å². The maximum Gasteiger partial charge on any atom is 0.305 e. The van der Waals surface area contributed by atoms with Gasteiger partial charge in [0.25, 0.3) is 0 Å². The van der Waals surface area contributed by atoms with E-state index in [0.717, 1.165) is 25.7 Å². The second kappa shape index (κ2) is 9.39. The van der Waals surface area contributed by atoms with E-state index in [0.29, 0.717) is 6.42 Å². The molecule has 0 aliphatic heterocycles.